The van der Waals surface area contributed by atoms with Gasteiger partial charge in [-0.1, -0.05) is 17.8 Å². The van der Waals surface area contributed by atoms with Crippen LogP contribution in [0, 0.1) is 10.1 Å². The molecule has 0 aromatic heterocycles. The third-order valence-electron chi connectivity index (χ3n) is 3.85. The maximum atomic E-state index is 12.3. The van der Waals surface area contributed by atoms with Crippen LogP contribution in [0.1, 0.15) is 19.4 Å². The Labute approximate surface area is 142 Å². The highest BCUT2D eigenvalue weighted by Crippen LogP contribution is 2.48. The largest absolute Gasteiger partial charge is 0.456 e. The van der Waals surface area contributed by atoms with E-state index in [-0.39, 0.29) is 29.3 Å². The number of thioether (sulfide) groups is 1. The van der Waals surface area contributed by atoms with Gasteiger partial charge in [0.2, 0.25) is 0 Å². The van der Waals surface area contributed by atoms with Gasteiger partial charge in [-0.25, -0.2) is 4.79 Å². The smallest absolute Gasteiger partial charge is 0.356 e. The summed E-state index contributed by atoms with van der Waals surface area (Å²) >= 11 is 1.46. The summed E-state index contributed by atoms with van der Waals surface area (Å²) in [5.74, 6) is -0.738. The number of rotatable bonds is 4. The van der Waals surface area contributed by atoms with Crippen molar-refractivity contribution in [2.45, 2.75) is 25.8 Å². The van der Waals surface area contributed by atoms with Gasteiger partial charge in [-0.15, -0.1) is 0 Å². The van der Waals surface area contributed by atoms with Crippen LogP contribution in [0.3, 0.4) is 0 Å². The summed E-state index contributed by atoms with van der Waals surface area (Å²) in [5, 5.41) is 10.5. The molecule has 0 aliphatic carbocycles. The lowest BCUT2D eigenvalue weighted by atomic mass is 10.1. The topological polar surface area (TPSA) is 89.8 Å². The van der Waals surface area contributed by atoms with Gasteiger partial charge in [0.25, 0.3) is 11.6 Å². The second-order valence-corrected chi connectivity index (χ2v) is 6.59. The number of carbonyl (C=O) groups excluding carboxylic acids is 2. The van der Waals surface area contributed by atoms with Crippen molar-refractivity contribution in [3.8, 4) is 0 Å². The molecule has 7 nitrogen and oxygen atoms in total. The first-order valence-corrected chi connectivity index (χ1v) is 8.09. The molecule has 1 amide bonds. The molecule has 1 saturated heterocycles. The van der Waals surface area contributed by atoms with Crippen LogP contribution in [-0.4, -0.2) is 27.1 Å². The molecule has 0 spiro atoms. The molecule has 24 heavy (non-hydrogen) atoms. The Morgan fingerprint density at radius 1 is 1.42 bits per heavy atom. The van der Waals surface area contributed by atoms with Gasteiger partial charge in [0, 0.05) is 22.6 Å². The Morgan fingerprint density at radius 2 is 2.08 bits per heavy atom. The van der Waals surface area contributed by atoms with Gasteiger partial charge in [-0.2, -0.15) is 0 Å². The predicted octanol–water partition coefficient (Wildman–Crippen LogP) is 2.73. The summed E-state index contributed by atoms with van der Waals surface area (Å²) < 4.78 is 5.26. The van der Waals surface area contributed by atoms with Crippen molar-refractivity contribution in [3.63, 3.8) is 0 Å². The van der Waals surface area contributed by atoms with E-state index in [1.54, 1.807) is 19.9 Å². The number of β-lactam (4-membered cyclic amide) rings is 1. The molecule has 1 aromatic rings. The number of ether oxygens (including phenoxy) is 1. The molecule has 0 saturated carbocycles. The van der Waals surface area contributed by atoms with E-state index in [1.165, 1.54) is 40.9 Å². The summed E-state index contributed by atoms with van der Waals surface area (Å²) in [5.41, 5.74) is 1.59. The molecule has 0 N–H and O–H groups in total. The number of benzene rings is 1. The van der Waals surface area contributed by atoms with Crippen LogP contribution in [0.4, 0.5) is 5.69 Å². The van der Waals surface area contributed by atoms with Gasteiger partial charge in [-0.3, -0.25) is 19.8 Å². The lowest BCUT2D eigenvalue weighted by Crippen LogP contribution is -2.51. The SMILES string of the molecule is CC=C1C(=O)N2C(C(=O)OCc3ccc([N+](=O)[O-])cc3)=C(C)SC12. The number of hydrogen-bond acceptors (Lipinski definition) is 6. The Hall–Kier alpha value is -2.61. The van der Waals surface area contributed by atoms with Crippen LogP contribution in [-0.2, 0) is 20.9 Å². The van der Waals surface area contributed by atoms with Crippen LogP contribution in [0.25, 0.3) is 0 Å². The summed E-state index contributed by atoms with van der Waals surface area (Å²) in [6.07, 6.45) is 1.76. The Kier molecular flexibility index (Phi) is 4.15. The number of non-ortho nitro benzene ring substituents is 1. The first-order chi connectivity index (χ1) is 11.4. The van der Waals surface area contributed by atoms with Gasteiger partial charge in [0.15, 0.2) is 0 Å². The first-order valence-electron chi connectivity index (χ1n) is 7.21. The van der Waals surface area contributed by atoms with Gasteiger partial charge >= 0.3 is 5.97 Å². The fourth-order valence-electron chi connectivity index (χ4n) is 2.59. The first kappa shape index (κ1) is 16.3. The van der Waals surface area contributed by atoms with E-state index >= 15 is 0 Å². The third kappa shape index (κ3) is 2.58. The quantitative estimate of drug-likeness (QED) is 0.274. The van der Waals surface area contributed by atoms with E-state index in [0.717, 1.165) is 4.91 Å². The fourth-order valence-corrected chi connectivity index (χ4v) is 3.89. The average molecular weight is 346 g/mol. The van der Waals surface area contributed by atoms with Crippen LogP contribution in [0.5, 0.6) is 0 Å². The molecular formula is C16H14N2O5S. The zero-order valence-corrected chi connectivity index (χ0v) is 13.8. The number of esters is 1. The normalized spacial score (nSPS) is 20.9. The van der Waals surface area contributed by atoms with E-state index < -0.39 is 10.9 Å². The minimum absolute atomic E-state index is 0.0125. The molecule has 124 valence electrons. The van der Waals surface area contributed by atoms with Gasteiger partial charge in [0.1, 0.15) is 17.7 Å². The van der Waals surface area contributed by atoms with Crippen LogP contribution < -0.4 is 0 Å². The zero-order valence-electron chi connectivity index (χ0n) is 13.0. The lowest BCUT2D eigenvalue weighted by Gasteiger charge is -2.37. The van der Waals surface area contributed by atoms with Crippen molar-refractivity contribution >= 4 is 29.3 Å². The highest BCUT2D eigenvalue weighted by molar-refractivity contribution is 8.04. The molecule has 1 atom stereocenters. The summed E-state index contributed by atoms with van der Waals surface area (Å²) in [6, 6.07) is 5.77. The maximum absolute atomic E-state index is 12.3. The third-order valence-corrected chi connectivity index (χ3v) is 5.09. The van der Waals surface area contributed by atoms with Crippen LogP contribution in [0.2, 0.25) is 0 Å². The fraction of sp³-hybridized carbons (Fsp3) is 0.250. The van der Waals surface area contributed by atoms with E-state index in [1.807, 2.05) is 0 Å². The van der Waals surface area contributed by atoms with E-state index in [0.29, 0.717) is 11.1 Å². The molecule has 3 rings (SSSR count). The molecule has 2 heterocycles. The summed E-state index contributed by atoms with van der Waals surface area (Å²) in [6.45, 7) is 3.57. The molecular weight excluding hydrogens is 332 g/mol. The van der Waals surface area contributed by atoms with Crippen molar-refractivity contribution in [3.05, 3.63) is 62.2 Å². The molecule has 1 fully saturated rings. The second-order valence-electron chi connectivity index (χ2n) is 5.29. The molecule has 1 aromatic carbocycles. The number of nitro benzene ring substituents is 1. The van der Waals surface area contributed by atoms with E-state index in [4.69, 9.17) is 4.74 Å². The highest BCUT2D eigenvalue weighted by atomic mass is 32.2. The number of amides is 1. The monoisotopic (exact) mass is 346 g/mol. The summed E-state index contributed by atoms with van der Waals surface area (Å²) in [4.78, 5) is 36.7. The molecule has 8 heteroatoms. The van der Waals surface area contributed by atoms with Crippen molar-refractivity contribution in [1.29, 1.82) is 0 Å². The number of nitro groups is 1. The standard InChI is InChI=1S/C16H14N2O5S/c1-3-12-14(19)17-13(9(2)24-15(12)17)16(20)23-8-10-4-6-11(7-5-10)18(21)22/h3-7,15H,8H2,1-2H3. The average Bonchev–Trinajstić information content (AvgIpc) is 2.86. The molecule has 0 bridgehead atoms. The molecule has 2 aliphatic rings. The molecule has 0 radical (unpaired) electrons. The molecule has 2 aliphatic heterocycles. The van der Waals surface area contributed by atoms with E-state index in [2.05, 4.69) is 0 Å². The Bertz CT molecular complexity index is 797. The van der Waals surface area contributed by atoms with Gasteiger partial charge in [-0.05, 0) is 31.5 Å². The van der Waals surface area contributed by atoms with Crippen LogP contribution in [0.15, 0.2) is 46.5 Å². The van der Waals surface area contributed by atoms with E-state index in [9.17, 15) is 19.7 Å². The van der Waals surface area contributed by atoms with Crippen LogP contribution >= 0.6 is 11.8 Å². The van der Waals surface area contributed by atoms with Crippen molar-refractivity contribution in [2.75, 3.05) is 0 Å². The molecule has 1 unspecified atom stereocenters. The lowest BCUT2D eigenvalue weighted by molar-refractivity contribution is -0.384. The number of fused-ring (bicyclic) bond motifs is 1. The van der Waals surface area contributed by atoms with Crippen molar-refractivity contribution < 1.29 is 19.2 Å². The minimum atomic E-state index is -0.565. The number of hydrogen-bond donors (Lipinski definition) is 0. The van der Waals surface area contributed by atoms with Crippen molar-refractivity contribution in [1.82, 2.24) is 4.90 Å². The predicted molar refractivity (Wildman–Crippen MR) is 87.6 cm³/mol. The van der Waals surface area contributed by atoms with Gasteiger partial charge in [0.05, 0.1) is 4.92 Å². The van der Waals surface area contributed by atoms with Gasteiger partial charge < -0.3 is 4.74 Å². The number of nitrogens with zero attached hydrogens (tertiary/aromatic N) is 2. The van der Waals surface area contributed by atoms with Crippen molar-refractivity contribution in [2.24, 2.45) is 0 Å². The minimum Gasteiger partial charge on any atom is -0.456 e. The Morgan fingerprint density at radius 3 is 2.67 bits per heavy atom. The highest BCUT2D eigenvalue weighted by Gasteiger charge is 2.51. The Balaban J connectivity index is 1.66. The zero-order chi connectivity index (χ0) is 17.4. The number of carbonyl (C=O) groups is 2. The number of allylic oxidation sites excluding steroid dienone is 2. The maximum Gasteiger partial charge on any atom is 0.356 e. The summed E-state index contributed by atoms with van der Waals surface area (Å²) in [7, 11) is 0. The second kappa shape index (κ2) is 6.12.